The predicted molar refractivity (Wildman–Crippen MR) is 82.5 cm³/mol. The average molecular weight is 306 g/mol. The van der Waals surface area contributed by atoms with E-state index in [0.29, 0.717) is 12.0 Å². The van der Waals surface area contributed by atoms with Gasteiger partial charge in [-0.15, -0.1) is 0 Å². The molecule has 2 N–H and O–H groups in total. The predicted octanol–water partition coefficient (Wildman–Crippen LogP) is 2.96. The van der Waals surface area contributed by atoms with E-state index in [1.165, 1.54) is 18.2 Å². The largest absolute Gasteiger partial charge is 0.504 e. The number of nitro groups is 1. The van der Waals surface area contributed by atoms with Crippen molar-refractivity contribution >= 4 is 16.6 Å². The number of aromatic nitrogens is 1. The third-order valence-electron chi connectivity index (χ3n) is 3.43. The van der Waals surface area contributed by atoms with Crippen LogP contribution in [0, 0.1) is 16.0 Å². The van der Waals surface area contributed by atoms with Crippen LogP contribution in [0.2, 0.25) is 0 Å². The van der Waals surface area contributed by atoms with Crippen molar-refractivity contribution in [3.05, 3.63) is 38.7 Å². The molecule has 1 aromatic carbocycles. The van der Waals surface area contributed by atoms with Crippen molar-refractivity contribution in [3.8, 4) is 11.5 Å². The number of nitrogens with zero attached hydrogens (tertiary/aromatic N) is 1. The van der Waals surface area contributed by atoms with Crippen LogP contribution >= 0.6 is 0 Å². The Hall–Kier alpha value is -2.57. The minimum absolute atomic E-state index is 0.149. The highest BCUT2D eigenvalue weighted by Gasteiger charge is 2.16. The van der Waals surface area contributed by atoms with Gasteiger partial charge in [-0.2, -0.15) is 0 Å². The van der Waals surface area contributed by atoms with Crippen LogP contribution in [0.5, 0.6) is 11.5 Å². The highest BCUT2D eigenvalue weighted by molar-refractivity contribution is 5.88. The summed E-state index contributed by atoms with van der Waals surface area (Å²) in [6, 6.07) is 3.87. The molecule has 1 unspecified atom stereocenters. The molecule has 1 aromatic heterocycles. The van der Waals surface area contributed by atoms with Crippen molar-refractivity contribution in [1.82, 2.24) is 4.98 Å². The molecule has 0 aliphatic heterocycles. The minimum Gasteiger partial charge on any atom is -0.504 e. The molecule has 0 radical (unpaired) electrons. The van der Waals surface area contributed by atoms with Crippen LogP contribution in [0.3, 0.4) is 0 Å². The molecule has 1 atom stereocenters. The van der Waals surface area contributed by atoms with Crippen LogP contribution < -0.4 is 10.3 Å². The highest BCUT2D eigenvalue weighted by Crippen LogP contribution is 2.32. The van der Waals surface area contributed by atoms with E-state index >= 15 is 0 Å². The lowest BCUT2D eigenvalue weighted by Gasteiger charge is -2.13. The molecule has 0 spiro atoms. The lowest BCUT2D eigenvalue weighted by Crippen LogP contribution is -2.16. The molecule has 22 heavy (non-hydrogen) atoms. The van der Waals surface area contributed by atoms with Crippen LogP contribution in [-0.2, 0) is 0 Å². The third kappa shape index (κ3) is 3.19. The lowest BCUT2D eigenvalue weighted by molar-refractivity contribution is -0.384. The number of nitro benzene ring substituents is 1. The molecule has 1 heterocycles. The zero-order valence-electron chi connectivity index (χ0n) is 12.5. The van der Waals surface area contributed by atoms with Crippen LogP contribution in [0.4, 0.5) is 5.69 Å². The number of benzene rings is 1. The molecule has 0 saturated carbocycles. The first-order valence-electron chi connectivity index (χ1n) is 7.10. The van der Waals surface area contributed by atoms with Gasteiger partial charge in [0.1, 0.15) is 0 Å². The second-order valence-corrected chi connectivity index (χ2v) is 5.32. The molecular formula is C15H18N2O5. The van der Waals surface area contributed by atoms with E-state index in [0.717, 1.165) is 12.8 Å². The van der Waals surface area contributed by atoms with E-state index in [2.05, 4.69) is 11.9 Å². The van der Waals surface area contributed by atoms with E-state index in [1.54, 1.807) is 0 Å². The zero-order valence-corrected chi connectivity index (χ0v) is 12.5. The van der Waals surface area contributed by atoms with E-state index in [4.69, 9.17) is 4.74 Å². The lowest BCUT2D eigenvalue weighted by atomic mass is 10.1. The quantitative estimate of drug-likeness (QED) is 0.630. The standard InChI is InChI=1S/C15H18N2O5/c1-3-4-9(2)8-22-14-13(18)11-6-5-10(17(20)21)7-12(11)16-15(14)19/h5-7,9H,3-4,8H2,1-2H3,(H2,16,18,19). The molecular weight excluding hydrogens is 288 g/mol. The zero-order chi connectivity index (χ0) is 16.3. The SMILES string of the molecule is CCCC(C)COc1c(O)c2ccc([N+](=O)[O-])cc2[nH]c1=O. The van der Waals surface area contributed by atoms with Gasteiger partial charge in [0, 0.05) is 17.5 Å². The van der Waals surface area contributed by atoms with Gasteiger partial charge in [-0.05, 0) is 18.4 Å². The maximum atomic E-state index is 12.0. The molecule has 0 aliphatic carbocycles. The van der Waals surface area contributed by atoms with E-state index in [1.807, 2.05) is 6.92 Å². The maximum absolute atomic E-state index is 12.0. The Kier molecular flexibility index (Phi) is 4.65. The Balaban J connectivity index is 2.38. The third-order valence-corrected chi connectivity index (χ3v) is 3.43. The normalized spacial score (nSPS) is 12.3. The van der Waals surface area contributed by atoms with E-state index in [9.17, 15) is 20.0 Å². The van der Waals surface area contributed by atoms with Gasteiger partial charge in [0.25, 0.3) is 11.2 Å². The van der Waals surface area contributed by atoms with Crippen molar-refractivity contribution in [2.24, 2.45) is 5.92 Å². The fraction of sp³-hybridized carbons (Fsp3) is 0.400. The van der Waals surface area contributed by atoms with Gasteiger partial charge in [-0.25, -0.2) is 0 Å². The van der Waals surface area contributed by atoms with Crippen LogP contribution in [0.15, 0.2) is 23.0 Å². The van der Waals surface area contributed by atoms with Gasteiger partial charge >= 0.3 is 0 Å². The summed E-state index contributed by atoms with van der Waals surface area (Å²) < 4.78 is 5.44. The van der Waals surface area contributed by atoms with Gasteiger partial charge in [-0.1, -0.05) is 20.3 Å². The first kappa shape index (κ1) is 15.8. The number of hydrogen-bond acceptors (Lipinski definition) is 5. The topological polar surface area (TPSA) is 105 Å². The summed E-state index contributed by atoms with van der Waals surface area (Å²) in [6.07, 6.45) is 1.96. The first-order valence-corrected chi connectivity index (χ1v) is 7.10. The molecule has 2 rings (SSSR count). The smallest absolute Gasteiger partial charge is 0.294 e. The van der Waals surface area contributed by atoms with Crippen molar-refractivity contribution < 1.29 is 14.8 Å². The molecule has 0 aliphatic rings. The van der Waals surface area contributed by atoms with E-state index in [-0.39, 0.29) is 28.6 Å². The maximum Gasteiger partial charge on any atom is 0.294 e. The molecule has 2 aromatic rings. The second-order valence-electron chi connectivity index (χ2n) is 5.32. The summed E-state index contributed by atoms with van der Waals surface area (Å²) in [6.45, 7) is 4.38. The van der Waals surface area contributed by atoms with Gasteiger partial charge in [0.15, 0.2) is 5.75 Å². The molecule has 0 fully saturated rings. The molecule has 118 valence electrons. The molecule has 7 nitrogen and oxygen atoms in total. The van der Waals surface area contributed by atoms with Crippen LogP contribution in [0.25, 0.3) is 10.9 Å². The molecule has 0 saturated heterocycles. The van der Waals surface area contributed by atoms with Gasteiger partial charge in [-0.3, -0.25) is 14.9 Å². The summed E-state index contributed by atoms with van der Waals surface area (Å²) >= 11 is 0. The molecule has 7 heteroatoms. The van der Waals surface area contributed by atoms with Crippen molar-refractivity contribution in [2.45, 2.75) is 26.7 Å². The van der Waals surface area contributed by atoms with Crippen molar-refractivity contribution in [1.29, 1.82) is 0 Å². The monoisotopic (exact) mass is 306 g/mol. The van der Waals surface area contributed by atoms with Crippen molar-refractivity contribution in [3.63, 3.8) is 0 Å². The van der Waals surface area contributed by atoms with Gasteiger partial charge in [0.05, 0.1) is 17.0 Å². The number of aromatic hydroxyl groups is 1. The number of hydrogen-bond donors (Lipinski definition) is 2. The first-order chi connectivity index (χ1) is 10.4. The number of aromatic amines is 1. The second kappa shape index (κ2) is 6.46. The Morgan fingerprint density at radius 3 is 2.82 bits per heavy atom. The van der Waals surface area contributed by atoms with Crippen LogP contribution in [0.1, 0.15) is 26.7 Å². The summed E-state index contributed by atoms with van der Waals surface area (Å²) in [5, 5.41) is 21.2. The Labute approximate surface area is 126 Å². The van der Waals surface area contributed by atoms with Crippen molar-refractivity contribution in [2.75, 3.05) is 6.61 Å². The van der Waals surface area contributed by atoms with Gasteiger partial charge < -0.3 is 14.8 Å². The fourth-order valence-electron chi connectivity index (χ4n) is 2.30. The number of non-ortho nitro benzene ring substituents is 1. The average Bonchev–Trinajstić information content (AvgIpc) is 2.46. The minimum atomic E-state index is -0.603. The number of ether oxygens (including phenoxy) is 1. The molecule has 0 amide bonds. The summed E-state index contributed by atoms with van der Waals surface area (Å²) in [5.41, 5.74) is -0.562. The highest BCUT2D eigenvalue weighted by atomic mass is 16.6. The number of H-pyrrole nitrogens is 1. The fourth-order valence-corrected chi connectivity index (χ4v) is 2.30. The summed E-state index contributed by atoms with van der Waals surface area (Å²) in [5.74, 6) is -0.182. The number of fused-ring (bicyclic) bond motifs is 1. The van der Waals surface area contributed by atoms with Gasteiger partial charge in [0.2, 0.25) is 5.75 Å². The Morgan fingerprint density at radius 2 is 2.18 bits per heavy atom. The molecule has 0 bridgehead atoms. The number of rotatable bonds is 6. The Bertz CT molecular complexity index is 753. The Morgan fingerprint density at radius 1 is 1.45 bits per heavy atom. The summed E-state index contributed by atoms with van der Waals surface area (Å²) in [7, 11) is 0. The van der Waals surface area contributed by atoms with E-state index < -0.39 is 10.5 Å². The number of pyridine rings is 1. The van der Waals surface area contributed by atoms with Crippen LogP contribution in [-0.4, -0.2) is 21.6 Å². The summed E-state index contributed by atoms with van der Waals surface area (Å²) in [4.78, 5) is 24.7. The number of nitrogens with one attached hydrogen (secondary N) is 1.